The molecule has 1 aliphatic rings. The number of thioether (sulfide) groups is 1. The van der Waals surface area contributed by atoms with Gasteiger partial charge in [0.1, 0.15) is 16.7 Å². The van der Waals surface area contributed by atoms with E-state index in [2.05, 4.69) is 0 Å². The van der Waals surface area contributed by atoms with Gasteiger partial charge in [0.15, 0.2) is 6.04 Å². The number of nitrogens with zero attached hydrogens (tertiary/aromatic N) is 1. The number of carboxylic acids is 1. The van der Waals surface area contributed by atoms with Crippen molar-refractivity contribution in [2.75, 3.05) is 0 Å². The van der Waals surface area contributed by atoms with E-state index in [0.717, 1.165) is 28.6 Å². The zero-order valence-corrected chi connectivity index (χ0v) is 19.4. The third kappa shape index (κ3) is 5.32. The van der Waals surface area contributed by atoms with Gasteiger partial charge in [-0.3, -0.25) is 9.69 Å². The Bertz CT molecular complexity index is 1210. The molecule has 3 aromatic carbocycles. The molecule has 1 saturated heterocycles. The van der Waals surface area contributed by atoms with E-state index >= 15 is 0 Å². The normalized spacial score (nSPS) is 15.7. The molecule has 0 aromatic heterocycles. The molecular formula is C26H21NO4S2. The summed E-state index contributed by atoms with van der Waals surface area (Å²) in [6.45, 7) is 2.51. The van der Waals surface area contributed by atoms with Crippen molar-refractivity contribution in [2.24, 2.45) is 0 Å². The van der Waals surface area contributed by atoms with E-state index in [-0.39, 0.29) is 4.32 Å². The van der Waals surface area contributed by atoms with Gasteiger partial charge in [-0.25, -0.2) is 4.79 Å². The highest BCUT2D eigenvalue weighted by Gasteiger charge is 2.41. The lowest BCUT2D eigenvalue weighted by atomic mass is 10.1. The SMILES string of the molecule is Cc1ccc(COc2ccc(/C=C3\SC(=S)N([C@H](C(=O)O)c4ccccc4)C3=O)cc2)cc1. The summed E-state index contributed by atoms with van der Waals surface area (Å²) in [5.41, 5.74) is 3.58. The lowest BCUT2D eigenvalue weighted by Gasteiger charge is -2.23. The number of aryl methyl sites for hydroxylation is 1. The summed E-state index contributed by atoms with van der Waals surface area (Å²) in [5, 5.41) is 9.78. The summed E-state index contributed by atoms with van der Waals surface area (Å²) < 4.78 is 6.05. The lowest BCUT2D eigenvalue weighted by Crippen LogP contribution is -2.37. The van der Waals surface area contributed by atoms with Crippen LogP contribution in [0.3, 0.4) is 0 Å². The van der Waals surface area contributed by atoms with Crippen LogP contribution in [0.4, 0.5) is 0 Å². The van der Waals surface area contributed by atoms with E-state index in [1.54, 1.807) is 36.4 Å². The van der Waals surface area contributed by atoms with Gasteiger partial charge in [0.05, 0.1) is 4.91 Å². The third-order valence-electron chi connectivity index (χ3n) is 5.13. The Morgan fingerprint density at radius 2 is 1.73 bits per heavy atom. The number of amides is 1. The van der Waals surface area contributed by atoms with E-state index in [1.807, 2.05) is 55.5 Å². The highest BCUT2D eigenvalue weighted by molar-refractivity contribution is 8.26. The van der Waals surface area contributed by atoms with Gasteiger partial charge >= 0.3 is 5.97 Å². The molecule has 1 atom stereocenters. The summed E-state index contributed by atoms with van der Waals surface area (Å²) in [4.78, 5) is 26.6. The summed E-state index contributed by atoms with van der Waals surface area (Å²) in [6, 6.07) is 23.0. The van der Waals surface area contributed by atoms with Crippen LogP contribution in [-0.4, -0.2) is 26.2 Å². The summed E-state index contributed by atoms with van der Waals surface area (Å²) >= 11 is 6.46. The summed E-state index contributed by atoms with van der Waals surface area (Å²) in [5.74, 6) is -0.829. The summed E-state index contributed by atoms with van der Waals surface area (Å²) in [6.07, 6.45) is 1.72. The minimum atomic E-state index is -1.16. The average molecular weight is 476 g/mol. The standard InChI is InChI=1S/C26H21NO4S2/c1-17-7-9-19(10-8-17)16-31-21-13-11-18(12-14-21)15-22-24(28)27(26(32)33-22)23(25(29)30)20-5-3-2-4-6-20/h2-15,23H,16H2,1H3,(H,29,30)/b22-15-/t23-/m0/s1. The van der Waals surface area contributed by atoms with Crippen LogP contribution in [-0.2, 0) is 16.2 Å². The lowest BCUT2D eigenvalue weighted by molar-refractivity contribution is -0.145. The Balaban J connectivity index is 1.47. The number of hydrogen-bond donors (Lipinski definition) is 1. The second kappa shape index (κ2) is 10.0. The molecule has 7 heteroatoms. The number of carboxylic acid groups (broad SMARTS) is 1. The molecule has 1 aliphatic heterocycles. The molecule has 0 radical (unpaired) electrons. The van der Waals surface area contributed by atoms with E-state index in [0.29, 0.717) is 17.1 Å². The predicted molar refractivity (Wildman–Crippen MR) is 134 cm³/mol. The number of carbonyl (C=O) groups excluding carboxylic acids is 1. The van der Waals surface area contributed by atoms with Crippen LogP contribution >= 0.6 is 24.0 Å². The minimum absolute atomic E-state index is 0.223. The number of hydrogen-bond acceptors (Lipinski definition) is 5. The first-order valence-electron chi connectivity index (χ1n) is 10.3. The quantitative estimate of drug-likeness (QED) is 0.354. The van der Waals surface area contributed by atoms with Crippen LogP contribution in [0.15, 0.2) is 83.8 Å². The Morgan fingerprint density at radius 1 is 1.06 bits per heavy atom. The van der Waals surface area contributed by atoms with Gasteiger partial charge in [-0.15, -0.1) is 0 Å². The van der Waals surface area contributed by atoms with Crippen molar-refractivity contribution < 1.29 is 19.4 Å². The molecule has 1 amide bonds. The van der Waals surface area contributed by atoms with Crippen LogP contribution < -0.4 is 4.74 Å². The largest absolute Gasteiger partial charge is 0.489 e. The van der Waals surface area contributed by atoms with E-state index in [9.17, 15) is 14.7 Å². The molecule has 5 nitrogen and oxygen atoms in total. The van der Waals surface area contributed by atoms with E-state index < -0.39 is 17.9 Å². The maximum atomic E-state index is 13.1. The number of benzene rings is 3. The molecule has 1 N–H and O–H groups in total. The monoisotopic (exact) mass is 475 g/mol. The van der Waals surface area contributed by atoms with E-state index in [1.165, 1.54) is 10.5 Å². The zero-order chi connectivity index (χ0) is 23.4. The van der Waals surface area contributed by atoms with Gasteiger partial charge in [-0.1, -0.05) is 96.3 Å². The zero-order valence-electron chi connectivity index (χ0n) is 17.8. The topological polar surface area (TPSA) is 66.8 Å². The number of rotatable bonds is 7. The maximum absolute atomic E-state index is 13.1. The van der Waals surface area contributed by atoms with Crippen LogP contribution in [0.1, 0.15) is 28.3 Å². The highest BCUT2D eigenvalue weighted by atomic mass is 32.2. The van der Waals surface area contributed by atoms with Crippen molar-refractivity contribution in [3.8, 4) is 5.75 Å². The van der Waals surface area contributed by atoms with E-state index in [4.69, 9.17) is 17.0 Å². The van der Waals surface area contributed by atoms with Crippen molar-refractivity contribution in [1.29, 1.82) is 0 Å². The Hall–Kier alpha value is -3.42. The fourth-order valence-electron chi connectivity index (χ4n) is 3.40. The molecule has 166 valence electrons. The van der Waals surface area contributed by atoms with Gasteiger partial charge in [0, 0.05) is 0 Å². The Morgan fingerprint density at radius 3 is 2.36 bits per heavy atom. The molecule has 33 heavy (non-hydrogen) atoms. The van der Waals surface area contributed by atoms with Gasteiger partial charge in [0.2, 0.25) is 0 Å². The predicted octanol–water partition coefficient (Wildman–Crippen LogP) is 5.60. The van der Waals surface area contributed by atoms with Gasteiger partial charge < -0.3 is 9.84 Å². The van der Waals surface area contributed by atoms with Crippen LogP contribution in [0, 0.1) is 6.92 Å². The van der Waals surface area contributed by atoms with Crippen molar-refractivity contribution in [2.45, 2.75) is 19.6 Å². The fraction of sp³-hybridized carbons (Fsp3) is 0.115. The van der Waals surface area contributed by atoms with Crippen LogP contribution in [0.5, 0.6) is 5.75 Å². The molecule has 0 unspecified atom stereocenters. The van der Waals surface area contributed by atoms with Gasteiger partial charge in [-0.05, 0) is 41.8 Å². The number of carbonyl (C=O) groups is 2. The molecule has 3 aromatic rings. The molecule has 0 bridgehead atoms. The third-order valence-corrected chi connectivity index (χ3v) is 6.47. The van der Waals surface area contributed by atoms with Crippen LogP contribution in [0.25, 0.3) is 6.08 Å². The molecule has 0 saturated carbocycles. The molecule has 0 aliphatic carbocycles. The average Bonchev–Trinajstić information content (AvgIpc) is 3.08. The molecule has 1 heterocycles. The minimum Gasteiger partial charge on any atom is -0.489 e. The van der Waals surface area contributed by atoms with Crippen molar-refractivity contribution in [3.05, 3.63) is 106 Å². The highest BCUT2D eigenvalue weighted by Crippen LogP contribution is 2.38. The Labute approximate surface area is 201 Å². The molecule has 1 fully saturated rings. The second-order valence-electron chi connectivity index (χ2n) is 7.55. The van der Waals surface area contributed by atoms with Crippen LogP contribution in [0.2, 0.25) is 0 Å². The number of aliphatic carboxylic acids is 1. The smallest absolute Gasteiger partial charge is 0.331 e. The van der Waals surface area contributed by atoms with Crippen molar-refractivity contribution in [1.82, 2.24) is 4.90 Å². The fourth-order valence-corrected chi connectivity index (χ4v) is 4.72. The molecule has 0 spiro atoms. The van der Waals surface area contributed by atoms with Crippen molar-refractivity contribution >= 4 is 46.3 Å². The number of ether oxygens (including phenoxy) is 1. The van der Waals surface area contributed by atoms with Gasteiger partial charge in [-0.2, -0.15) is 0 Å². The first-order chi connectivity index (χ1) is 15.9. The first kappa shape index (κ1) is 22.8. The second-order valence-corrected chi connectivity index (χ2v) is 9.22. The molecular weight excluding hydrogens is 454 g/mol. The maximum Gasteiger partial charge on any atom is 0.331 e. The summed E-state index contributed by atoms with van der Waals surface area (Å²) in [7, 11) is 0. The number of thiocarbonyl (C=S) groups is 1. The van der Waals surface area contributed by atoms with Gasteiger partial charge in [0.25, 0.3) is 5.91 Å². The molecule has 4 rings (SSSR count). The van der Waals surface area contributed by atoms with Crippen molar-refractivity contribution in [3.63, 3.8) is 0 Å². The Kier molecular flexibility index (Phi) is 6.91. The first-order valence-corrected chi connectivity index (χ1v) is 11.5.